The molecule has 0 bridgehead atoms. The minimum absolute atomic E-state index is 0.0316. The van der Waals surface area contributed by atoms with Gasteiger partial charge >= 0.3 is 0 Å². The number of nitrogens with zero attached hydrogens (tertiary/aromatic N) is 1. The number of piperidine rings is 1. The van der Waals surface area contributed by atoms with E-state index >= 15 is 0 Å². The lowest BCUT2D eigenvalue weighted by atomic mass is 10.1. The molecule has 1 amide bonds. The highest BCUT2D eigenvalue weighted by molar-refractivity contribution is 5.78. The van der Waals surface area contributed by atoms with Crippen LogP contribution in [-0.2, 0) is 4.79 Å². The SMILES string of the molecule is C[C@@H](NC(=O)CN1CCC(O)CC1)c1ccccc1. The molecule has 104 valence electrons. The van der Waals surface area contributed by atoms with Crippen molar-refractivity contribution in [2.45, 2.75) is 31.9 Å². The van der Waals surface area contributed by atoms with Crippen LogP contribution < -0.4 is 5.32 Å². The maximum Gasteiger partial charge on any atom is 0.234 e. The Balaban J connectivity index is 1.78. The fraction of sp³-hybridized carbons (Fsp3) is 0.533. The van der Waals surface area contributed by atoms with Crippen molar-refractivity contribution in [1.82, 2.24) is 10.2 Å². The van der Waals surface area contributed by atoms with Crippen molar-refractivity contribution in [3.8, 4) is 0 Å². The number of aliphatic hydroxyl groups excluding tert-OH is 1. The van der Waals surface area contributed by atoms with Crippen LogP contribution in [0.1, 0.15) is 31.4 Å². The molecule has 2 rings (SSSR count). The first kappa shape index (κ1) is 14.0. The van der Waals surface area contributed by atoms with Gasteiger partial charge in [0, 0.05) is 13.1 Å². The highest BCUT2D eigenvalue weighted by atomic mass is 16.3. The normalized spacial score (nSPS) is 19.1. The Morgan fingerprint density at radius 1 is 1.37 bits per heavy atom. The summed E-state index contributed by atoms with van der Waals surface area (Å²) in [6.45, 7) is 4.01. The summed E-state index contributed by atoms with van der Waals surface area (Å²) in [6.07, 6.45) is 1.34. The van der Waals surface area contributed by atoms with Crippen molar-refractivity contribution in [3.05, 3.63) is 35.9 Å². The van der Waals surface area contributed by atoms with E-state index in [2.05, 4.69) is 10.2 Å². The number of rotatable bonds is 4. The first-order chi connectivity index (χ1) is 9.15. The summed E-state index contributed by atoms with van der Waals surface area (Å²) >= 11 is 0. The number of hydrogen-bond donors (Lipinski definition) is 2. The molecule has 0 saturated carbocycles. The summed E-state index contributed by atoms with van der Waals surface area (Å²) in [7, 11) is 0. The van der Waals surface area contributed by atoms with Crippen molar-refractivity contribution >= 4 is 5.91 Å². The largest absolute Gasteiger partial charge is 0.393 e. The first-order valence-electron chi connectivity index (χ1n) is 6.90. The van der Waals surface area contributed by atoms with Crippen LogP contribution in [0.15, 0.2) is 30.3 Å². The molecule has 1 heterocycles. The van der Waals surface area contributed by atoms with Crippen molar-refractivity contribution in [1.29, 1.82) is 0 Å². The molecule has 1 aromatic carbocycles. The van der Waals surface area contributed by atoms with E-state index in [1.54, 1.807) is 0 Å². The van der Waals surface area contributed by atoms with E-state index in [4.69, 9.17) is 0 Å². The Morgan fingerprint density at radius 3 is 2.63 bits per heavy atom. The lowest BCUT2D eigenvalue weighted by Gasteiger charge is -2.29. The van der Waals surface area contributed by atoms with Crippen LogP contribution in [0.25, 0.3) is 0 Å². The highest BCUT2D eigenvalue weighted by Gasteiger charge is 2.19. The topological polar surface area (TPSA) is 52.6 Å². The van der Waals surface area contributed by atoms with E-state index < -0.39 is 0 Å². The molecular weight excluding hydrogens is 240 g/mol. The van der Waals surface area contributed by atoms with Crippen LogP contribution in [-0.4, -0.2) is 41.7 Å². The molecule has 1 fully saturated rings. The third kappa shape index (κ3) is 4.33. The van der Waals surface area contributed by atoms with Crippen LogP contribution in [0.5, 0.6) is 0 Å². The maximum atomic E-state index is 12.0. The number of nitrogens with one attached hydrogen (secondary N) is 1. The molecule has 1 atom stereocenters. The average molecular weight is 262 g/mol. The number of likely N-dealkylation sites (tertiary alicyclic amines) is 1. The van der Waals surface area contributed by atoms with Crippen molar-refractivity contribution < 1.29 is 9.90 Å². The van der Waals surface area contributed by atoms with E-state index in [0.717, 1.165) is 31.5 Å². The van der Waals surface area contributed by atoms with Gasteiger partial charge in [-0.2, -0.15) is 0 Å². The number of carbonyl (C=O) groups excluding carboxylic acids is 1. The van der Waals surface area contributed by atoms with Gasteiger partial charge in [-0.15, -0.1) is 0 Å². The Kier molecular flexibility index (Phi) is 4.93. The molecule has 4 heteroatoms. The summed E-state index contributed by atoms with van der Waals surface area (Å²) in [6, 6.07) is 9.99. The molecule has 1 aliphatic rings. The van der Waals surface area contributed by atoms with Crippen LogP contribution in [0.3, 0.4) is 0 Å². The third-order valence-electron chi connectivity index (χ3n) is 3.60. The summed E-state index contributed by atoms with van der Waals surface area (Å²) in [4.78, 5) is 14.1. The highest BCUT2D eigenvalue weighted by Crippen LogP contribution is 2.12. The molecule has 1 aromatic rings. The molecule has 1 aliphatic heterocycles. The fourth-order valence-electron chi connectivity index (χ4n) is 2.39. The van der Waals surface area contributed by atoms with Crippen LogP contribution in [0.4, 0.5) is 0 Å². The second-order valence-corrected chi connectivity index (χ2v) is 5.21. The summed E-state index contributed by atoms with van der Waals surface area (Å²) in [5.41, 5.74) is 1.12. The van der Waals surface area contributed by atoms with Gasteiger partial charge in [-0.3, -0.25) is 9.69 Å². The zero-order valence-electron chi connectivity index (χ0n) is 11.4. The quantitative estimate of drug-likeness (QED) is 0.860. The van der Waals surface area contributed by atoms with Crippen LogP contribution in [0.2, 0.25) is 0 Å². The predicted octanol–water partition coefficient (Wildman–Crippen LogP) is 1.32. The molecule has 4 nitrogen and oxygen atoms in total. The van der Waals surface area contributed by atoms with Crippen molar-refractivity contribution in [2.75, 3.05) is 19.6 Å². The van der Waals surface area contributed by atoms with Gasteiger partial charge in [0.25, 0.3) is 0 Å². The standard InChI is InChI=1S/C15H22N2O2/c1-12(13-5-3-2-4-6-13)16-15(19)11-17-9-7-14(18)8-10-17/h2-6,12,14,18H,7-11H2,1H3,(H,16,19)/t12-/m1/s1. The number of hydrogen-bond acceptors (Lipinski definition) is 3. The molecule has 0 radical (unpaired) electrons. The summed E-state index contributed by atoms with van der Waals surface area (Å²) in [5.74, 6) is 0.0488. The van der Waals surface area contributed by atoms with Crippen LogP contribution in [0, 0.1) is 0 Å². The lowest BCUT2D eigenvalue weighted by Crippen LogP contribution is -2.43. The van der Waals surface area contributed by atoms with E-state index in [-0.39, 0.29) is 18.1 Å². The van der Waals surface area contributed by atoms with Gasteiger partial charge in [-0.05, 0) is 25.3 Å². The monoisotopic (exact) mass is 262 g/mol. The number of carbonyl (C=O) groups is 1. The van der Waals surface area contributed by atoms with Gasteiger partial charge < -0.3 is 10.4 Å². The minimum atomic E-state index is -0.192. The van der Waals surface area contributed by atoms with E-state index in [1.165, 1.54) is 0 Å². The molecule has 0 unspecified atom stereocenters. The Morgan fingerprint density at radius 2 is 2.00 bits per heavy atom. The van der Waals surface area contributed by atoms with Crippen molar-refractivity contribution in [3.63, 3.8) is 0 Å². The van der Waals surface area contributed by atoms with Gasteiger partial charge in [0.05, 0.1) is 18.7 Å². The Hall–Kier alpha value is -1.39. The molecular formula is C15H22N2O2. The Bertz CT molecular complexity index is 400. The third-order valence-corrected chi connectivity index (χ3v) is 3.60. The zero-order chi connectivity index (χ0) is 13.7. The second-order valence-electron chi connectivity index (χ2n) is 5.21. The predicted molar refractivity (Wildman–Crippen MR) is 74.7 cm³/mol. The zero-order valence-corrected chi connectivity index (χ0v) is 11.4. The summed E-state index contributed by atoms with van der Waals surface area (Å²) in [5, 5.41) is 12.4. The smallest absolute Gasteiger partial charge is 0.234 e. The van der Waals surface area contributed by atoms with Crippen LogP contribution >= 0.6 is 0 Å². The molecule has 0 aliphatic carbocycles. The van der Waals surface area contributed by atoms with Gasteiger partial charge in [0.15, 0.2) is 0 Å². The lowest BCUT2D eigenvalue weighted by molar-refractivity contribution is -0.123. The minimum Gasteiger partial charge on any atom is -0.393 e. The number of amides is 1. The second kappa shape index (κ2) is 6.68. The molecule has 0 spiro atoms. The van der Waals surface area contributed by atoms with E-state index in [1.807, 2.05) is 37.3 Å². The number of aliphatic hydroxyl groups is 1. The molecule has 0 aromatic heterocycles. The van der Waals surface area contributed by atoms with Crippen molar-refractivity contribution in [2.24, 2.45) is 0 Å². The first-order valence-corrected chi connectivity index (χ1v) is 6.90. The summed E-state index contributed by atoms with van der Waals surface area (Å²) < 4.78 is 0. The Labute approximate surface area is 114 Å². The van der Waals surface area contributed by atoms with Gasteiger partial charge in [0.2, 0.25) is 5.91 Å². The maximum absolute atomic E-state index is 12.0. The average Bonchev–Trinajstić information content (AvgIpc) is 2.42. The molecule has 2 N–H and O–H groups in total. The number of benzene rings is 1. The van der Waals surface area contributed by atoms with Gasteiger partial charge in [-0.1, -0.05) is 30.3 Å². The van der Waals surface area contributed by atoms with E-state index in [0.29, 0.717) is 6.54 Å². The molecule has 19 heavy (non-hydrogen) atoms. The van der Waals surface area contributed by atoms with Gasteiger partial charge in [-0.25, -0.2) is 0 Å². The fourth-order valence-corrected chi connectivity index (χ4v) is 2.39. The molecule has 1 saturated heterocycles. The van der Waals surface area contributed by atoms with Gasteiger partial charge in [0.1, 0.15) is 0 Å². The van der Waals surface area contributed by atoms with E-state index in [9.17, 15) is 9.90 Å².